The summed E-state index contributed by atoms with van der Waals surface area (Å²) in [7, 11) is 0. The van der Waals surface area contributed by atoms with Crippen molar-refractivity contribution in [2.45, 2.75) is 58.3 Å². The lowest BCUT2D eigenvalue weighted by Crippen LogP contribution is -2.43. The summed E-state index contributed by atoms with van der Waals surface area (Å²) in [5.74, 6) is -1.36. The largest absolute Gasteiger partial charge is 0.550 e. The van der Waals surface area contributed by atoms with Crippen LogP contribution in [0.1, 0.15) is 58.3 Å². The summed E-state index contributed by atoms with van der Waals surface area (Å²) in [6.45, 7) is 3.26. The Morgan fingerprint density at radius 3 is 2.26 bits per heavy atom. The maximum Gasteiger partial charge on any atom is 0.309 e. The molecular weight excluding hydrogens is 298 g/mol. The number of esters is 1. The second-order valence-corrected chi connectivity index (χ2v) is 6.84. The molecule has 0 bridgehead atoms. The molecule has 23 heavy (non-hydrogen) atoms. The summed E-state index contributed by atoms with van der Waals surface area (Å²) in [4.78, 5) is 37.0. The molecule has 2 fully saturated rings. The van der Waals surface area contributed by atoms with Gasteiger partial charge in [0.25, 0.3) is 0 Å². The van der Waals surface area contributed by atoms with Gasteiger partial charge in [-0.25, -0.2) is 0 Å². The van der Waals surface area contributed by atoms with Crippen LogP contribution < -0.4 is 5.11 Å². The molecule has 130 valence electrons. The fourth-order valence-corrected chi connectivity index (χ4v) is 3.90. The standard InChI is InChI=1S/C17H27NO5/c1-2-23-16(22)13-5-9-18(10-6-13)14(19)11-17(12-15(20)21)7-3-4-8-17/h13H,2-12H2,1H3,(H,20,21)/p-1. The minimum atomic E-state index is -1.07. The van der Waals surface area contributed by atoms with E-state index in [1.54, 1.807) is 11.8 Å². The summed E-state index contributed by atoms with van der Waals surface area (Å²) in [6.07, 6.45) is 5.02. The number of carboxylic acid groups (broad SMARTS) is 1. The fraction of sp³-hybridized carbons (Fsp3) is 0.824. The minimum Gasteiger partial charge on any atom is -0.550 e. The number of carboxylic acids is 1. The van der Waals surface area contributed by atoms with Gasteiger partial charge >= 0.3 is 5.97 Å². The second-order valence-electron chi connectivity index (χ2n) is 6.84. The highest BCUT2D eigenvalue weighted by atomic mass is 16.5. The van der Waals surface area contributed by atoms with Gasteiger partial charge in [-0.3, -0.25) is 9.59 Å². The number of amides is 1. The third kappa shape index (κ3) is 4.69. The van der Waals surface area contributed by atoms with E-state index >= 15 is 0 Å². The molecule has 1 heterocycles. The zero-order chi connectivity index (χ0) is 16.9. The third-order valence-corrected chi connectivity index (χ3v) is 5.18. The van der Waals surface area contributed by atoms with E-state index < -0.39 is 11.4 Å². The predicted molar refractivity (Wildman–Crippen MR) is 81.1 cm³/mol. The average Bonchev–Trinajstić information content (AvgIpc) is 2.94. The van der Waals surface area contributed by atoms with Crippen molar-refractivity contribution in [2.75, 3.05) is 19.7 Å². The van der Waals surface area contributed by atoms with Crippen molar-refractivity contribution < 1.29 is 24.2 Å². The summed E-state index contributed by atoms with van der Waals surface area (Å²) in [5.41, 5.74) is -0.423. The number of carbonyl (C=O) groups excluding carboxylic acids is 3. The minimum absolute atomic E-state index is 0.00968. The van der Waals surface area contributed by atoms with Crippen LogP contribution in [0.15, 0.2) is 0 Å². The van der Waals surface area contributed by atoms with Gasteiger partial charge in [0.15, 0.2) is 0 Å². The van der Waals surface area contributed by atoms with E-state index in [9.17, 15) is 19.5 Å². The highest BCUT2D eigenvalue weighted by Gasteiger charge is 2.38. The summed E-state index contributed by atoms with van der Waals surface area (Å²) < 4.78 is 5.03. The first-order valence-corrected chi connectivity index (χ1v) is 8.60. The van der Waals surface area contributed by atoms with Crippen molar-refractivity contribution in [3.63, 3.8) is 0 Å². The molecule has 1 aliphatic carbocycles. The van der Waals surface area contributed by atoms with E-state index in [0.29, 0.717) is 32.5 Å². The monoisotopic (exact) mass is 324 g/mol. The zero-order valence-corrected chi connectivity index (χ0v) is 13.8. The molecule has 0 aromatic rings. The van der Waals surface area contributed by atoms with Crippen LogP contribution in [0, 0.1) is 11.3 Å². The Morgan fingerprint density at radius 1 is 1.13 bits per heavy atom. The molecule has 1 amide bonds. The van der Waals surface area contributed by atoms with Crippen LogP contribution in [0.25, 0.3) is 0 Å². The Balaban J connectivity index is 1.87. The zero-order valence-electron chi connectivity index (χ0n) is 13.8. The Hall–Kier alpha value is -1.59. The molecule has 0 unspecified atom stereocenters. The predicted octanol–water partition coefficient (Wildman–Crippen LogP) is 0.879. The van der Waals surface area contributed by atoms with Gasteiger partial charge in [-0.1, -0.05) is 12.8 Å². The lowest BCUT2D eigenvalue weighted by Gasteiger charge is -2.35. The molecule has 0 N–H and O–H groups in total. The SMILES string of the molecule is CCOC(=O)C1CCN(C(=O)CC2(CC(=O)[O-])CCCC2)CC1. The van der Waals surface area contributed by atoms with Crippen LogP contribution in [0.5, 0.6) is 0 Å². The van der Waals surface area contributed by atoms with Gasteiger partial charge in [-0.05, 0) is 44.4 Å². The smallest absolute Gasteiger partial charge is 0.309 e. The number of likely N-dealkylation sites (tertiary alicyclic amines) is 1. The molecule has 2 rings (SSSR count). The molecular formula is C17H26NO5-. The number of aliphatic carboxylic acids is 1. The Labute approximate surface area is 137 Å². The quantitative estimate of drug-likeness (QED) is 0.677. The highest BCUT2D eigenvalue weighted by molar-refractivity contribution is 5.79. The van der Waals surface area contributed by atoms with Crippen molar-refractivity contribution in [3.05, 3.63) is 0 Å². The number of carbonyl (C=O) groups is 3. The first-order valence-electron chi connectivity index (χ1n) is 8.60. The molecule has 0 aromatic heterocycles. The maximum absolute atomic E-state index is 12.5. The summed E-state index contributed by atoms with van der Waals surface area (Å²) in [6, 6.07) is 0. The molecule has 0 spiro atoms. The molecule has 0 radical (unpaired) electrons. The lowest BCUT2D eigenvalue weighted by atomic mass is 9.79. The van der Waals surface area contributed by atoms with E-state index in [2.05, 4.69) is 0 Å². The number of ether oxygens (including phenoxy) is 1. The van der Waals surface area contributed by atoms with Crippen LogP contribution in [-0.4, -0.2) is 42.4 Å². The molecule has 0 aromatic carbocycles. The van der Waals surface area contributed by atoms with Crippen molar-refractivity contribution in [3.8, 4) is 0 Å². The van der Waals surface area contributed by atoms with Gasteiger partial charge < -0.3 is 19.5 Å². The number of rotatable bonds is 6. The molecule has 0 atom stereocenters. The molecule has 1 saturated heterocycles. The van der Waals surface area contributed by atoms with E-state index in [1.807, 2.05) is 0 Å². The first-order chi connectivity index (χ1) is 11.0. The van der Waals surface area contributed by atoms with Crippen molar-refractivity contribution >= 4 is 17.8 Å². The van der Waals surface area contributed by atoms with Gasteiger partial charge in [0.2, 0.25) is 5.91 Å². The van der Waals surface area contributed by atoms with E-state index in [1.165, 1.54) is 0 Å². The molecule has 1 saturated carbocycles. The van der Waals surface area contributed by atoms with E-state index in [0.717, 1.165) is 25.7 Å². The van der Waals surface area contributed by atoms with Crippen molar-refractivity contribution in [2.24, 2.45) is 11.3 Å². The number of piperidine rings is 1. The molecule has 1 aliphatic heterocycles. The summed E-state index contributed by atoms with van der Waals surface area (Å²) >= 11 is 0. The average molecular weight is 324 g/mol. The number of nitrogens with zero attached hydrogens (tertiary/aromatic N) is 1. The van der Waals surface area contributed by atoms with E-state index in [4.69, 9.17) is 4.74 Å². The van der Waals surface area contributed by atoms with Crippen LogP contribution in [0.2, 0.25) is 0 Å². The topological polar surface area (TPSA) is 86.7 Å². The van der Waals surface area contributed by atoms with Gasteiger partial charge in [-0.15, -0.1) is 0 Å². The third-order valence-electron chi connectivity index (χ3n) is 5.18. The fourth-order valence-electron chi connectivity index (χ4n) is 3.90. The van der Waals surface area contributed by atoms with Gasteiger partial charge in [0.1, 0.15) is 0 Å². The van der Waals surface area contributed by atoms with Crippen LogP contribution in [-0.2, 0) is 19.1 Å². The maximum atomic E-state index is 12.5. The Kier molecular flexibility index (Phi) is 6.02. The Bertz CT molecular complexity index is 448. The molecule has 6 nitrogen and oxygen atoms in total. The van der Waals surface area contributed by atoms with Gasteiger partial charge in [0, 0.05) is 25.5 Å². The normalized spacial score (nSPS) is 21.2. The van der Waals surface area contributed by atoms with Crippen LogP contribution >= 0.6 is 0 Å². The number of hydrogen-bond acceptors (Lipinski definition) is 5. The van der Waals surface area contributed by atoms with Crippen LogP contribution in [0.4, 0.5) is 0 Å². The second kappa shape index (κ2) is 7.79. The first kappa shape index (κ1) is 17.8. The van der Waals surface area contributed by atoms with Crippen LogP contribution in [0.3, 0.4) is 0 Å². The van der Waals surface area contributed by atoms with Crippen molar-refractivity contribution in [1.29, 1.82) is 0 Å². The van der Waals surface area contributed by atoms with Crippen molar-refractivity contribution in [1.82, 2.24) is 4.90 Å². The number of hydrogen-bond donors (Lipinski definition) is 0. The van der Waals surface area contributed by atoms with E-state index in [-0.39, 0.29) is 30.6 Å². The summed E-state index contributed by atoms with van der Waals surface area (Å²) in [5, 5.41) is 11.0. The van der Waals surface area contributed by atoms with Gasteiger partial charge in [-0.2, -0.15) is 0 Å². The van der Waals surface area contributed by atoms with Gasteiger partial charge in [0.05, 0.1) is 12.5 Å². The Morgan fingerprint density at radius 2 is 1.74 bits per heavy atom. The molecule has 6 heteroatoms. The molecule has 2 aliphatic rings. The highest BCUT2D eigenvalue weighted by Crippen LogP contribution is 2.44. The lowest BCUT2D eigenvalue weighted by molar-refractivity contribution is -0.308.